The van der Waals surface area contributed by atoms with E-state index in [0.29, 0.717) is 17.7 Å². The van der Waals surface area contributed by atoms with Gasteiger partial charge in [-0.05, 0) is 36.1 Å². The maximum Gasteiger partial charge on any atom is 0.229 e. The third-order valence-electron chi connectivity index (χ3n) is 4.20. The van der Waals surface area contributed by atoms with E-state index in [9.17, 15) is 17.6 Å². The smallest absolute Gasteiger partial charge is 0.229 e. The van der Waals surface area contributed by atoms with Crippen LogP contribution in [0.1, 0.15) is 17.9 Å². The number of hydrogen-bond donors (Lipinski definition) is 2. The van der Waals surface area contributed by atoms with Crippen LogP contribution in [-0.4, -0.2) is 27.7 Å². The van der Waals surface area contributed by atoms with Crippen LogP contribution < -0.4 is 14.8 Å². The van der Waals surface area contributed by atoms with Crippen LogP contribution in [0.4, 0.5) is 15.8 Å². The molecule has 0 unspecified atom stereocenters. The molecular weight excluding hydrogens is 359 g/mol. The van der Waals surface area contributed by atoms with Gasteiger partial charge in [0.25, 0.3) is 0 Å². The highest BCUT2D eigenvalue weighted by molar-refractivity contribution is 7.92. The number of methoxy groups -OCH3 is 1. The average molecular weight is 378 g/mol. The summed E-state index contributed by atoms with van der Waals surface area (Å²) < 4.78 is 44.1. The van der Waals surface area contributed by atoms with Crippen LogP contribution in [0.5, 0.6) is 5.75 Å². The highest BCUT2D eigenvalue weighted by atomic mass is 32.2. The Morgan fingerprint density at radius 2 is 1.96 bits per heavy atom. The minimum Gasteiger partial charge on any atom is -0.494 e. The molecule has 6 nitrogen and oxygen atoms in total. The Hall–Kier alpha value is -2.61. The van der Waals surface area contributed by atoms with Gasteiger partial charge in [-0.3, -0.25) is 9.52 Å². The fraction of sp³-hybridized carbons (Fsp3) is 0.278. The number of amides is 1. The molecule has 0 aliphatic heterocycles. The van der Waals surface area contributed by atoms with Crippen molar-refractivity contribution >= 4 is 27.3 Å². The summed E-state index contributed by atoms with van der Waals surface area (Å²) in [5.41, 5.74) is 1.31. The van der Waals surface area contributed by atoms with Crippen LogP contribution >= 0.6 is 0 Å². The van der Waals surface area contributed by atoms with E-state index in [1.165, 1.54) is 25.3 Å². The van der Waals surface area contributed by atoms with Crippen LogP contribution in [-0.2, 0) is 14.8 Å². The molecule has 2 aromatic rings. The number of hydrogen-bond acceptors (Lipinski definition) is 4. The van der Waals surface area contributed by atoms with Crippen LogP contribution in [0, 0.1) is 11.7 Å². The van der Waals surface area contributed by atoms with E-state index in [0.717, 1.165) is 6.26 Å². The Morgan fingerprint density at radius 3 is 2.62 bits per heavy atom. The van der Waals surface area contributed by atoms with Crippen LogP contribution in [0.2, 0.25) is 0 Å². The second kappa shape index (κ2) is 6.95. The van der Waals surface area contributed by atoms with Crippen molar-refractivity contribution in [2.75, 3.05) is 23.4 Å². The molecule has 0 radical (unpaired) electrons. The fourth-order valence-electron chi connectivity index (χ4n) is 2.89. The number of ether oxygens (including phenoxy) is 1. The molecule has 2 N–H and O–H groups in total. The number of carbonyl (C=O) groups is 1. The first kappa shape index (κ1) is 18.2. The fourth-order valence-corrected chi connectivity index (χ4v) is 3.46. The molecule has 1 aliphatic carbocycles. The van der Waals surface area contributed by atoms with E-state index in [1.807, 2.05) is 0 Å². The Bertz CT molecular complexity index is 946. The van der Waals surface area contributed by atoms with Crippen molar-refractivity contribution in [3.63, 3.8) is 0 Å². The summed E-state index contributed by atoms with van der Waals surface area (Å²) in [5.74, 6) is -0.625. The minimum atomic E-state index is -3.44. The second-order valence-corrected chi connectivity index (χ2v) is 8.00. The first-order valence-electron chi connectivity index (χ1n) is 7.99. The van der Waals surface area contributed by atoms with E-state index in [2.05, 4.69) is 10.0 Å². The van der Waals surface area contributed by atoms with Crippen molar-refractivity contribution in [3.05, 3.63) is 53.8 Å². The van der Waals surface area contributed by atoms with Crippen molar-refractivity contribution in [1.29, 1.82) is 0 Å². The molecule has 3 rings (SSSR count). The summed E-state index contributed by atoms with van der Waals surface area (Å²) in [6.45, 7) is 0. The van der Waals surface area contributed by atoms with Crippen molar-refractivity contribution < 1.29 is 22.3 Å². The van der Waals surface area contributed by atoms with Crippen molar-refractivity contribution in [3.8, 4) is 5.75 Å². The van der Waals surface area contributed by atoms with E-state index < -0.39 is 10.0 Å². The van der Waals surface area contributed by atoms with Crippen molar-refractivity contribution in [1.82, 2.24) is 0 Å². The maximum absolute atomic E-state index is 13.8. The molecule has 1 saturated carbocycles. The molecule has 0 bridgehead atoms. The van der Waals surface area contributed by atoms with E-state index in [4.69, 9.17) is 4.74 Å². The lowest BCUT2D eigenvalue weighted by Gasteiger charge is -2.12. The van der Waals surface area contributed by atoms with Gasteiger partial charge in [0.15, 0.2) is 0 Å². The van der Waals surface area contributed by atoms with Gasteiger partial charge in [0.2, 0.25) is 15.9 Å². The molecule has 1 amide bonds. The summed E-state index contributed by atoms with van der Waals surface area (Å²) in [5, 5.41) is 2.77. The van der Waals surface area contributed by atoms with Gasteiger partial charge in [0.1, 0.15) is 11.6 Å². The lowest BCUT2D eigenvalue weighted by molar-refractivity contribution is -0.117. The number of anilines is 2. The third-order valence-corrected chi connectivity index (χ3v) is 4.79. The molecule has 0 spiro atoms. The highest BCUT2D eigenvalue weighted by Gasteiger charge is 2.45. The topological polar surface area (TPSA) is 84.5 Å². The SMILES string of the molecule is COc1cc(NC(=O)[C@@H]2C[C@H]2c2ccccc2F)ccc1NS(C)(=O)=O. The van der Waals surface area contributed by atoms with E-state index in [1.54, 1.807) is 24.3 Å². The number of halogens is 1. The molecule has 8 heteroatoms. The van der Waals surface area contributed by atoms with E-state index >= 15 is 0 Å². The largest absolute Gasteiger partial charge is 0.494 e. The molecule has 138 valence electrons. The van der Waals surface area contributed by atoms with Gasteiger partial charge in [0, 0.05) is 17.7 Å². The second-order valence-electron chi connectivity index (χ2n) is 6.25. The molecule has 2 atom stereocenters. The van der Waals surface area contributed by atoms with Crippen molar-refractivity contribution in [2.45, 2.75) is 12.3 Å². The summed E-state index contributed by atoms with van der Waals surface area (Å²) >= 11 is 0. The van der Waals surface area contributed by atoms with Crippen LogP contribution in [0.15, 0.2) is 42.5 Å². The van der Waals surface area contributed by atoms with Gasteiger partial charge < -0.3 is 10.1 Å². The quantitative estimate of drug-likeness (QED) is 0.809. The summed E-state index contributed by atoms with van der Waals surface area (Å²) in [7, 11) is -2.04. The normalized spacial score (nSPS) is 18.9. The maximum atomic E-state index is 13.8. The zero-order chi connectivity index (χ0) is 18.9. The Balaban J connectivity index is 1.70. The number of rotatable bonds is 6. The molecule has 0 saturated heterocycles. The van der Waals surface area contributed by atoms with Gasteiger partial charge in [-0.2, -0.15) is 0 Å². The Kier molecular flexibility index (Phi) is 4.86. The van der Waals surface area contributed by atoms with Gasteiger partial charge in [-0.25, -0.2) is 12.8 Å². The van der Waals surface area contributed by atoms with Crippen LogP contribution in [0.3, 0.4) is 0 Å². The van der Waals surface area contributed by atoms with Crippen molar-refractivity contribution in [2.24, 2.45) is 5.92 Å². The molecule has 26 heavy (non-hydrogen) atoms. The number of benzene rings is 2. The first-order chi connectivity index (χ1) is 12.3. The van der Waals surface area contributed by atoms with E-state index in [-0.39, 0.29) is 35.0 Å². The Morgan fingerprint density at radius 1 is 1.23 bits per heavy atom. The molecule has 0 heterocycles. The zero-order valence-corrected chi connectivity index (χ0v) is 15.1. The lowest BCUT2D eigenvalue weighted by Crippen LogP contribution is -2.15. The standard InChI is InChI=1S/C18H19FN2O4S/c1-25-17-9-11(7-8-16(17)21-26(2,23)24)20-18(22)14-10-13(14)12-5-3-4-6-15(12)19/h3-9,13-14,21H,10H2,1-2H3,(H,20,22)/t13-,14+/m0/s1. The number of nitrogens with one attached hydrogen (secondary N) is 2. The van der Waals surface area contributed by atoms with Crippen LogP contribution in [0.25, 0.3) is 0 Å². The lowest BCUT2D eigenvalue weighted by atomic mass is 10.1. The van der Waals surface area contributed by atoms with Gasteiger partial charge in [0.05, 0.1) is 19.1 Å². The third kappa shape index (κ3) is 4.13. The van der Waals surface area contributed by atoms with Gasteiger partial charge in [-0.15, -0.1) is 0 Å². The highest BCUT2D eigenvalue weighted by Crippen LogP contribution is 2.48. The van der Waals surface area contributed by atoms with Gasteiger partial charge in [-0.1, -0.05) is 18.2 Å². The minimum absolute atomic E-state index is 0.121. The summed E-state index contributed by atoms with van der Waals surface area (Å²) in [6.07, 6.45) is 1.63. The predicted octanol–water partition coefficient (Wildman–Crippen LogP) is 2.95. The molecule has 2 aromatic carbocycles. The molecule has 1 fully saturated rings. The summed E-state index contributed by atoms with van der Waals surface area (Å²) in [6, 6.07) is 11.1. The molecule has 0 aromatic heterocycles. The predicted molar refractivity (Wildman–Crippen MR) is 97.3 cm³/mol. The number of sulfonamides is 1. The number of carbonyl (C=O) groups excluding carboxylic acids is 1. The monoisotopic (exact) mass is 378 g/mol. The average Bonchev–Trinajstić information content (AvgIpc) is 3.36. The summed E-state index contributed by atoms with van der Waals surface area (Å²) in [4.78, 5) is 12.4. The zero-order valence-electron chi connectivity index (χ0n) is 14.3. The van der Waals surface area contributed by atoms with Gasteiger partial charge >= 0.3 is 0 Å². The Labute approximate surface area is 151 Å². The molecule has 1 aliphatic rings. The first-order valence-corrected chi connectivity index (χ1v) is 9.89. The molecular formula is C18H19FN2O4S.